The van der Waals surface area contributed by atoms with E-state index in [9.17, 15) is 32.3 Å². The number of benzene rings is 4. The molecule has 5 aromatic rings. The van der Waals surface area contributed by atoms with Crippen LogP contribution in [-0.4, -0.2) is 66.3 Å². The molecule has 2 aliphatic heterocycles. The van der Waals surface area contributed by atoms with Gasteiger partial charge in [-0.1, -0.05) is 60.7 Å². The second kappa shape index (κ2) is 13.9. The van der Waals surface area contributed by atoms with Crippen molar-refractivity contribution >= 4 is 45.2 Å². The number of piperazine rings is 1. The van der Waals surface area contributed by atoms with Crippen LogP contribution in [0.1, 0.15) is 40.1 Å². The van der Waals surface area contributed by atoms with E-state index >= 15 is 0 Å². The summed E-state index contributed by atoms with van der Waals surface area (Å²) in [4.78, 5) is 58.7. The maximum atomic E-state index is 14.2. The van der Waals surface area contributed by atoms with Gasteiger partial charge in [0.25, 0.3) is 5.91 Å². The number of likely N-dealkylation sites (tertiary alicyclic amines) is 1. The minimum Gasteiger partial charge on any atom is -0.451 e. The Balaban J connectivity index is 1.11. The maximum absolute atomic E-state index is 14.2. The van der Waals surface area contributed by atoms with Gasteiger partial charge < -0.3 is 24.4 Å². The molecule has 51 heavy (non-hydrogen) atoms. The third kappa shape index (κ3) is 7.30. The van der Waals surface area contributed by atoms with Crippen LogP contribution in [-0.2, 0) is 28.7 Å². The first kappa shape index (κ1) is 33.8. The van der Waals surface area contributed by atoms with E-state index in [0.29, 0.717) is 45.2 Å². The zero-order valence-corrected chi connectivity index (χ0v) is 27.6. The number of halogens is 3. The highest BCUT2D eigenvalue weighted by atomic mass is 19.4. The van der Waals surface area contributed by atoms with Gasteiger partial charge in [0.15, 0.2) is 11.2 Å². The Hall–Kier alpha value is -5.65. The quantitative estimate of drug-likeness (QED) is 0.221. The first-order valence-electron chi connectivity index (χ1n) is 16.9. The molecule has 9 nitrogen and oxygen atoms in total. The van der Waals surface area contributed by atoms with Gasteiger partial charge in [0.2, 0.25) is 11.8 Å². The summed E-state index contributed by atoms with van der Waals surface area (Å²) >= 11 is 0. The molecule has 12 heteroatoms. The number of nitrogens with zero attached hydrogens (tertiary/aromatic N) is 3. The molecular formula is C39H35F3N4O5. The monoisotopic (exact) mass is 696 g/mol. The van der Waals surface area contributed by atoms with Crippen molar-refractivity contribution < 1.29 is 32.0 Å². The van der Waals surface area contributed by atoms with Crippen LogP contribution in [0.4, 0.5) is 18.9 Å². The van der Waals surface area contributed by atoms with E-state index in [4.69, 9.17) is 4.42 Å². The number of para-hydroxylation sites is 1. The van der Waals surface area contributed by atoms with Gasteiger partial charge in [0.05, 0.1) is 10.9 Å². The van der Waals surface area contributed by atoms with E-state index in [0.717, 1.165) is 58.8 Å². The van der Waals surface area contributed by atoms with Crippen molar-refractivity contribution in [3.8, 4) is 0 Å². The largest absolute Gasteiger partial charge is 0.451 e. The summed E-state index contributed by atoms with van der Waals surface area (Å²) in [6, 6.07) is 23.8. The SMILES string of the molecule is O=C(N[C@H](Cc1ccc2ccccc2c1)C(=O)N1CCN(c2ccccc2CN2CCCC2=O)CC1)c1cc(=O)c2cc(C(F)(F)F)ccc2o1. The summed E-state index contributed by atoms with van der Waals surface area (Å²) in [6.07, 6.45) is -3.09. The lowest BCUT2D eigenvalue weighted by Gasteiger charge is -2.38. The Kier molecular flexibility index (Phi) is 9.24. The van der Waals surface area contributed by atoms with E-state index < -0.39 is 34.9 Å². The molecule has 3 heterocycles. The van der Waals surface area contributed by atoms with Crippen LogP contribution in [0.2, 0.25) is 0 Å². The van der Waals surface area contributed by atoms with Gasteiger partial charge in [-0.25, -0.2) is 0 Å². The van der Waals surface area contributed by atoms with Crippen molar-refractivity contribution in [1.82, 2.24) is 15.1 Å². The van der Waals surface area contributed by atoms with E-state index in [1.807, 2.05) is 71.6 Å². The van der Waals surface area contributed by atoms with Crippen molar-refractivity contribution in [2.24, 2.45) is 0 Å². The lowest BCUT2D eigenvalue weighted by atomic mass is 10.0. The molecule has 7 rings (SSSR count). The number of carbonyl (C=O) groups excluding carboxylic acids is 3. The zero-order chi connectivity index (χ0) is 35.7. The Bertz CT molecular complexity index is 2190. The average Bonchev–Trinajstić information content (AvgIpc) is 3.54. The molecule has 0 bridgehead atoms. The zero-order valence-electron chi connectivity index (χ0n) is 27.6. The normalized spacial score (nSPS) is 15.8. The van der Waals surface area contributed by atoms with E-state index in [2.05, 4.69) is 10.2 Å². The number of hydrogen-bond donors (Lipinski definition) is 1. The second-order valence-electron chi connectivity index (χ2n) is 13.0. The van der Waals surface area contributed by atoms with Crippen LogP contribution in [0.25, 0.3) is 21.7 Å². The van der Waals surface area contributed by atoms with Crippen molar-refractivity contribution in [2.75, 3.05) is 37.6 Å². The number of amides is 3. The minimum absolute atomic E-state index is 0.148. The first-order valence-corrected chi connectivity index (χ1v) is 16.9. The highest BCUT2D eigenvalue weighted by molar-refractivity contribution is 5.97. The molecule has 0 unspecified atom stereocenters. The van der Waals surface area contributed by atoms with Crippen molar-refractivity contribution in [1.29, 1.82) is 0 Å². The molecule has 0 spiro atoms. The summed E-state index contributed by atoms with van der Waals surface area (Å²) < 4.78 is 45.4. The molecule has 0 aliphatic carbocycles. The second-order valence-corrected chi connectivity index (χ2v) is 13.0. The number of hydrogen-bond acceptors (Lipinski definition) is 6. The van der Waals surface area contributed by atoms with Crippen LogP contribution in [0.3, 0.4) is 0 Å². The smallest absolute Gasteiger partial charge is 0.416 e. The van der Waals surface area contributed by atoms with Crippen LogP contribution in [0, 0.1) is 0 Å². The highest BCUT2D eigenvalue weighted by Gasteiger charge is 2.33. The fourth-order valence-electron chi connectivity index (χ4n) is 6.89. The van der Waals surface area contributed by atoms with Gasteiger partial charge in [-0.2, -0.15) is 13.2 Å². The molecule has 3 amide bonds. The average molecular weight is 697 g/mol. The topological polar surface area (TPSA) is 103 Å². The summed E-state index contributed by atoms with van der Waals surface area (Å²) in [5, 5.41) is 4.43. The molecule has 2 aliphatic rings. The fraction of sp³-hybridized carbons (Fsp3) is 0.282. The molecule has 1 aromatic heterocycles. The molecular weight excluding hydrogens is 661 g/mol. The molecule has 4 aromatic carbocycles. The van der Waals surface area contributed by atoms with Crippen LogP contribution in [0.15, 0.2) is 100 Å². The molecule has 0 radical (unpaired) electrons. The van der Waals surface area contributed by atoms with Gasteiger partial charge in [-0.05, 0) is 52.6 Å². The van der Waals surface area contributed by atoms with Gasteiger partial charge in [-0.15, -0.1) is 0 Å². The Labute approximate surface area is 291 Å². The van der Waals surface area contributed by atoms with Crippen molar-refractivity contribution in [2.45, 2.75) is 38.0 Å². The molecule has 1 atom stereocenters. The summed E-state index contributed by atoms with van der Waals surface area (Å²) in [5.74, 6) is -1.41. The van der Waals surface area contributed by atoms with Crippen LogP contribution < -0.4 is 15.6 Å². The van der Waals surface area contributed by atoms with Crippen LogP contribution >= 0.6 is 0 Å². The summed E-state index contributed by atoms with van der Waals surface area (Å²) in [5.41, 5.74) is 0.861. The van der Waals surface area contributed by atoms with Gasteiger partial charge in [-0.3, -0.25) is 19.2 Å². The van der Waals surface area contributed by atoms with Crippen LogP contribution in [0.5, 0.6) is 0 Å². The minimum atomic E-state index is -4.66. The molecule has 2 fully saturated rings. The number of rotatable bonds is 8. The van der Waals surface area contributed by atoms with Crippen molar-refractivity contribution in [3.63, 3.8) is 0 Å². The number of carbonyl (C=O) groups is 3. The predicted molar refractivity (Wildman–Crippen MR) is 186 cm³/mol. The predicted octanol–water partition coefficient (Wildman–Crippen LogP) is 5.78. The van der Waals surface area contributed by atoms with Gasteiger partial charge in [0, 0.05) is 63.9 Å². The number of alkyl halides is 3. The molecule has 0 saturated carbocycles. The van der Waals surface area contributed by atoms with E-state index in [1.54, 1.807) is 4.90 Å². The van der Waals surface area contributed by atoms with E-state index in [1.165, 1.54) is 0 Å². The standard InChI is InChI=1S/C39H35F3N4O5/c40-39(41,42)29-13-14-34-30(22-29)33(47)23-35(51-34)37(49)43-31(21-25-11-12-26-6-1-2-7-27(26)20-25)38(50)45-18-16-44(17-19-45)32-9-4-3-8-28(32)24-46-15-5-10-36(46)48/h1-4,6-9,11-14,20,22-23,31H,5,10,15-19,21,24H2,(H,43,49)/t31-/m1/s1. The van der Waals surface area contributed by atoms with E-state index in [-0.39, 0.29) is 29.2 Å². The number of nitrogens with one attached hydrogen (secondary N) is 1. The van der Waals surface area contributed by atoms with Gasteiger partial charge in [0.1, 0.15) is 11.6 Å². The van der Waals surface area contributed by atoms with Gasteiger partial charge >= 0.3 is 6.18 Å². The highest BCUT2D eigenvalue weighted by Crippen LogP contribution is 2.31. The number of anilines is 1. The third-order valence-corrected chi connectivity index (χ3v) is 9.59. The Morgan fingerprint density at radius 3 is 2.31 bits per heavy atom. The third-order valence-electron chi connectivity index (χ3n) is 9.59. The Morgan fingerprint density at radius 2 is 1.57 bits per heavy atom. The lowest BCUT2D eigenvalue weighted by molar-refractivity contribution is -0.137. The molecule has 262 valence electrons. The number of fused-ring (bicyclic) bond motifs is 2. The summed E-state index contributed by atoms with van der Waals surface area (Å²) in [7, 11) is 0. The van der Waals surface area contributed by atoms with Crippen molar-refractivity contribution in [3.05, 3.63) is 124 Å². The summed E-state index contributed by atoms with van der Waals surface area (Å²) in [6.45, 7) is 3.10. The first-order chi connectivity index (χ1) is 24.5. The molecule has 1 N–H and O–H groups in total. The maximum Gasteiger partial charge on any atom is 0.416 e. The Morgan fingerprint density at radius 1 is 0.824 bits per heavy atom. The lowest BCUT2D eigenvalue weighted by Crippen LogP contribution is -2.55. The fourth-order valence-corrected chi connectivity index (χ4v) is 6.89. The molecule has 2 saturated heterocycles.